The molecule has 1 saturated carbocycles. The van der Waals surface area contributed by atoms with Crippen LogP contribution in [0.25, 0.3) is 10.4 Å². The Kier molecular flexibility index (Phi) is 9.26. The molecule has 3 heterocycles. The molecule has 13 atom stereocenters. The van der Waals surface area contributed by atoms with Crippen molar-refractivity contribution in [1.29, 1.82) is 0 Å². The predicted octanol–water partition coefficient (Wildman–Crippen LogP) is -3.40. The minimum atomic E-state index is -5.41. The first-order valence-corrected chi connectivity index (χ1v) is 16.0. The van der Waals surface area contributed by atoms with E-state index in [1.165, 1.54) is 6.92 Å². The first kappa shape index (κ1) is 33.2. The molecule has 0 bridgehead atoms. The van der Waals surface area contributed by atoms with Crippen LogP contribution in [0.2, 0.25) is 0 Å². The molecule has 0 aromatic carbocycles. The second kappa shape index (κ2) is 11.7. The summed E-state index contributed by atoms with van der Waals surface area (Å²) in [4.78, 5) is 48.8. The summed E-state index contributed by atoms with van der Waals surface area (Å²) in [5.41, 5.74) is 5.42. The minimum Gasteiger partial charge on any atom is -0.394 e. The number of aromatic amines is 1. The van der Waals surface area contributed by atoms with Gasteiger partial charge in [0.2, 0.25) is 0 Å². The molecule has 2 aliphatic heterocycles. The Bertz CT molecular complexity index is 1460. The van der Waals surface area contributed by atoms with Gasteiger partial charge in [0, 0.05) is 17.2 Å². The van der Waals surface area contributed by atoms with Gasteiger partial charge in [-0.1, -0.05) is 5.11 Å². The summed E-state index contributed by atoms with van der Waals surface area (Å²) in [6.45, 7) is -5.28. The average Bonchev–Trinajstić information content (AvgIpc) is 3.19. The molecular formula is C18H27N5O16P2S. The molecular weight excluding hydrogens is 636 g/mol. The highest BCUT2D eigenvalue weighted by Gasteiger charge is 2.73. The molecule has 3 aliphatic rings. The largest absolute Gasteiger partial charge is 0.481 e. The second-order valence-corrected chi connectivity index (χ2v) is 14.2. The maximum absolute atomic E-state index is 12.6. The SMILES string of the molecule is C[C@@]1(N=[N+]=[N-])[C@H](O)[C@@H](COP(O)(=S)OP(=O)(O)OC2OC3(O)C2C(O)C(O)C3[C@@H](O)CO)O[C@H]1n1ccc(=O)[nH]c1=O. The van der Waals surface area contributed by atoms with Crippen molar-refractivity contribution in [3.05, 3.63) is 43.5 Å². The third-order valence-electron chi connectivity index (χ3n) is 7.20. The molecule has 1 aliphatic carbocycles. The second-order valence-electron chi connectivity index (χ2n) is 9.85. The van der Waals surface area contributed by atoms with Crippen LogP contribution in [0, 0.1) is 11.8 Å². The highest BCUT2D eigenvalue weighted by atomic mass is 32.5. The Morgan fingerprint density at radius 1 is 1.31 bits per heavy atom. The minimum absolute atomic E-state index is 0.743. The molecule has 1 aromatic rings. The molecule has 8 unspecified atom stereocenters. The fourth-order valence-electron chi connectivity index (χ4n) is 5.21. The fourth-order valence-corrected chi connectivity index (χ4v) is 8.31. The molecule has 42 heavy (non-hydrogen) atoms. The normalized spacial score (nSPS) is 41.2. The van der Waals surface area contributed by atoms with Crippen LogP contribution >= 0.6 is 14.5 Å². The average molecular weight is 663 g/mol. The van der Waals surface area contributed by atoms with Crippen molar-refractivity contribution in [1.82, 2.24) is 9.55 Å². The maximum Gasteiger partial charge on any atom is 0.481 e. The van der Waals surface area contributed by atoms with Crippen molar-refractivity contribution in [2.24, 2.45) is 17.0 Å². The third kappa shape index (κ3) is 5.88. The number of ether oxygens (including phenoxy) is 2. The van der Waals surface area contributed by atoms with Crippen LogP contribution in [-0.4, -0.2) is 111 Å². The number of fused-ring (bicyclic) bond motifs is 1. The number of hydrogen-bond acceptors (Lipinski definition) is 16. The van der Waals surface area contributed by atoms with Gasteiger partial charge in [0.15, 0.2) is 18.3 Å². The van der Waals surface area contributed by atoms with Gasteiger partial charge in [0.25, 0.3) is 5.56 Å². The van der Waals surface area contributed by atoms with Crippen LogP contribution in [0.4, 0.5) is 0 Å². The van der Waals surface area contributed by atoms with E-state index in [4.69, 9.17) is 41.0 Å². The lowest BCUT2D eigenvalue weighted by molar-refractivity contribution is -0.427. The number of phosphoric acid groups is 1. The summed E-state index contributed by atoms with van der Waals surface area (Å²) in [6.07, 6.45) is -11.0. The van der Waals surface area contributed by atoms with Crippen LogP contribution in [0.1, 0.15) is 13.2 Å². The van der Waals surface area contributed by atoms with Crippen molar-refractivity contribution in [2.45, 2.75) is 61.3 Å². The lowest BCUT2D eigenvalue weighted by Crippen LogP contribution is -2.64. The van der Waals surface area contributed by atoms with Crippen LogP contribution in [0.5, 0.6) is 0 Å². The molecule has 0 spiro atoms. The number of aromatic nitrogens is 2. The zero-order chi connectivity index (χ0) is 31.4. The van der Waals surface area contributed by atoms with E-state index in [1.807, 2.05) is 4.98 Å². The Labute approximate surface area is 238 Å². The molecule has 0 radical (unpaired) electrons. The highest BCUT2D eigenvalue weighted by Crippen LogP contribution is 2.65. The Morgan fingerprint density at radius 2 is 1.98 bits per heavy atom. The number of hydrogen-bond donors (Lipinski definition) is 9. The summed E-state index contributed by atoms with van der Waals surface area (Å²) >= 11 is 4.72. The van der Waals surface area contributed by atoms with Crippen molar-refractivity contribution in [3.8, 4) is 0 Å². The van der Waals surface area contributed by atoms with E-state index in [0.717, 1.165) is 16.8 Å². The third-order valence-corrected chi connectivity index (χ3v) is 10.7. The molecule has 0 amide bonds. The van der Waals surface area contributed by atoms with Gasteiger partial charge < -0.3 is 54.4 Å². The molecule has 1 aromatic heterocycles. The van der Waals surface area contributed by atoms with E-state index >= 15 is 0 Å². The smallest absolute Gasteiger partial charge is 0.394 e. The van der Waals surface area contributed by atoms with Crippen molar-refractivity contribution >= 4 is 26.3 Å². The van der Waals surface area contributed by atoms with Crippen LogP contribution in [0.15, 0.2) is 27.0 Å². The van der Waals surface area contributed by atoms with Gasteiger partial charge in [-0.05, 0) is 24.3 Å². The Hall–Kier alpha value is -1.65. The highest BCUT2D eigenvalue weighted by molar-refractivity contribution is 8.08. The topological polar surface area (TPSA) is 329 Å². The zero-order valence-electron chi connectivity index (χ0n) is 21.2. The van der Waals surface area contributed by atoms with Crippen LogP contribution in [0.3, 0.4) is 0 Å². The summed E-state index contributed by atoms with van der Waals surface area (Å²) < 4.78 is 38.3. The summed E-state index contributed by atoms with van der Waals surface area (Å²) in [7, 11) is -5.41. The van der Waals surface area contributed by atoms with Crippen molar-refractivity contribution < 1.29 is 67.8 Å². The first-order chi connectivity index (χ1) is 19.4. The molecule has 236 valence electrons. The van der Waals surface area contributed by atoms with Gasteiger partial charge in [0.05, 0.1) is 49.5 Å². The quantitative estimate of drug-likeness (QED) is 0.0482. The number of nitrogens with one attached hydrogen (secondary N) is 1. The number of nitrogens with zero attached hydrogens (tertiary/aromatic N) is 4. The van der Waals surface area contributed by atoms with Gasteiger partial charge >= 0.3 is 20.2 Å². The Balaban J connectivity index is 1.42. The van der Waals surface area contributed by atoms with Crippen molar-refractivity contribution in [3.63, 3.8) is 0 Å². The van der Waals surface area contributed by atoms with E-state index in [1.54, 1.807) is 0 Å². The van der Waals surface area contributed by atoms with E-state index in [9.17, 15) is 49.5 Å². The number of aliphatic hydroxyl groups is 6. The van der Waals surface area contributed by atoms with Crippen LogP contribution in [-0.2, 0) is 39.2 Å². The lowest BCUT2D eigenvalue weighted by atomic mass is 9.86. The number of azide groups is 1. The van der Waals surface area contributed by atoms with Gasteiger partial charge in [0.1, 0.15) is 11.6 Å². The number of H-pyrrole nitrogens is 1. The molecule has 3 fully saturated rings. The summed E-state index contributed by atoms with van der Waals surface area (Å²) in [6, 6.07) is 0.963. The van der Waals surface area contributed by atoms with Crippen molar-refractivity contribution in [2.75, 3.05) is 13.2 Å². The monoisotopic (exact) mass is 663 g/mol. The Morgan fingerprint density at radius 3 is 2.57 bits per heavy atom. The van der Waals surface area contributed by atoms with E-state index in [0.29, 0.717) is 0 Å². The van der Waals surface area contributed by atoms with E-state index in [-0.39, 0.29) is 0 Å². The first-order valence-electron chi connectivity index (χ1n) is 11.9. The molecule has 4 rings (SSSR count). The molecule has 24 heteroatoms. The maximum atomic E-state index is 12.6. The molecule has 21 nitrogen and oxygen atoms in total. The van der Waals surface area contributed by atoms with Gasteiger partial charge in [-0.25, -0.2) is 13.7 Å². The molecule has 2 saturated heterocycles. The van der Waals surface area contributed by atoms with Crippen LogP contribution < -0.4 is 11.2 Å². The van der Waals surface area contributed by atoms with Gasteiger partial charge in [-0.2, -0.15) is 0 Å². The number of aliphatic hydroxyl groups excluding tert-OH is 5. The van der Waals surface area contributed by atoms with E-state index < -0.39 is 105 Å². The summed E-state index contributed by atoms with van der Waals surface area (Å²) in [5.74, 6) is -5.67. The standard InChI is InChI=1S/C18H27N5O16P2S/c1-17(21-22-19)13(29)7(36-15(17)23-3-2-8(26)20-16(23)30)5-35-41(34,42)39-40(32,33)38-14-10-12(28)11(27)9(6(25)4-24)18(10,31)37-14/h2-3,6-7,9-15,24-25,27-29,31H,4-5H2,1H3,(H,32,33)(H,34,42)(H,20,26,30)/t6-,7+,9?,10?,11?,12?,13+,14?,15+,17+,18?,41?/m0/s1. The number of phosphoric ester groups is 1. The van der Waals surface area contributed by atoms with Gasteiger partial charge in [-0.3, -0.25) is 18.9 Å². The fraction of sp³-hybridized carbons (Fsp3) is 0.778. The lowest BCUT2D eigenvalue weighted by Gasteiger charge is -2.49. The predicted molar refractivity (Wildman–Crippen MR) is 135 cm³/mol. The zero-order valence-corrected chi connectivity index (χ0v) is 23.8. The number of rotatable bonds is 11. The van der Waals surface area contributed by atoms with Gasteiger partial charge in [-0.15, -0.1) is 0 Å². The van der Waals surface area contributed by atoms with E-state index in [2.05, 4.69) is 14.3 Å². The molecule has 9 N–H and O–H groups in total. The summed E-state index contributed by atoms with van der Waals surface area (Å²) in [5, 5.41) is 64.3.